The summed E-state index contributed by atoms with van der Waals surface area (Å²) in [4.78, 5) is 0. The smallest absolute Gasteiger partial charge is 0.0306 e. The van der Waals surface area contributed by atoms with Gasteiger partial charge >= 0.3 is 0 Å². The van der Waals surface area contributed by atoms with E-state index < -0.39 is 0 Å². The molecule has 0 unspecified atom stereocenters. The van der Waals surface area contributed by atoms with E-state index in [2.05, 4.69) is 10.8 Å². The van der Waals surface area contributed by atoms with Crippen LogP contribution in [0.1, 0.15) is 0 Å². The number of hydroxylamine groups is 1. The highest BCUT2D eigenvalue weighted by atomic mass is 33.1. The summed E-state index contributed by atoms with van der Waals surface area (Å²) in [6, 6.07) is 0. The molecule has 10 heavy (non-hydrogen) atoms. The molecular formula is C5H14N2OS2. The third-order valence-corrected chi connectivity index (χ3v) is 3.22. The lowest BCUT2D eigenvalue weighted by atomic mass is 10.8. The standard InChI is InChI=1S/C5H14N2OS2/c1-6-2-4-9-10-5-3-7-8/h6-8H,2-5H2,1H3. The molecule has 0 radical (unpaired) electrons. The third-order valence-electron chi connectivity index (χ3n) is 0.816. The van der Waals surface area contributed by atoms with Crippen molar-refractivity contribution >= 4 is 21.6 Å². The van der Waals surface area contributed by atoms with Gasteiger partial charge in [-0.3, -0.25) is 0 Å². The van der Waals surface area contributed by atoms with E-state index in [-0.39, 0.29) is 0 Å². The van der Waals surface area contributed by atoms with Crippen molar-refractivity contribution in [2.24, 2.45) is 0 Å². The average molecular weight is 182 g/mol. The molecule has 0 rings (SSSR count). The molecule has 0 aliphatic carbocycles. The minimum atomic E-state index is 0.664. The lowest BCUT2D eigenvalue weighted by Crippen LogP contribution is -2.11. The minimum Gasteiger partial charge on any atom is -0.319 e. The summed E-state index contributed by atoms with van der Waals surface area (Å²) in [5.41, 5.74) is 2.11. The highest BCUT2D eigenvalue weighted by Gasteiger charge is 1.87. The van der Waals surface area contributed by atoms with Gasteiger partial charge in [0.15, 0.2) is 0 Å². The predicted octanol–water partition coefficient (Wildman–Crippen LogP) is 0.566. The van der Waals surface area contributed by atoms with Gasteiger partial charge in [-0.2, -0.15) is 0 Å². The lowest BCUT2D eigenvalue weighted by Gasteiger charge is -1.98. The fourth-order valence-corrected chi connectivity index (χ4v) is 2.25. The number of hydrogen-bond donors (Lipinski definition) is 3. The van der Waals surface area contributed by atoms with Crippen molar-refractivity contribution < 1.29 is 5.21 Å². The molecule has 3 nitrogen and oxygen atoms in total. The molecule has 0 aromatic carbocycles. The Morgan fingerprint density at radius 1 is 1.20 bits per heavy atom. The molecular weight excluding hydrogens is 168 g/mol. The van der Waals surface area contributed by atoms with E-state index in [1.54, 1.807) is 10.8 Å². The van der Waals surface area contributed by atoms with Crippen LogP contribution in [0.4, 0.5) is 0 Å². The van der Waals surface area contributed by atoms with Gasteiger partial charge in [-0.25, -0.2) is 5.48 Å². The fourth-order valence-electron chi connectivity index (χ4n) is 0.349. The molecule has 0 spiro atoms. The Morgan fingerprint density at radius 2 is 1.80 bits per heavy atom. The van der Waals surface area contributed by atoms with Gasteiger partial charge in [-0.1, -0.05) is 21.6 Å². The van der Waals surface area contributed by atoms with Crippen molar-refractivity contribution in [1.29, 1.82) is 0 Å². The van der Waals surface area contributed by atoms with Crippen molar-refractivity contribution in [3.8, 4) is 0 Å². The summed E-state index contributed by atoms with van der Waals surface area (Å²) in [7, 11) is 5.54. The molecule has 0 aromatic heterocycles. The second-order valence-electron chi connectivity index (χ2n) is 1.66. The molecule has 5 heteroatoms. The van der Waals surface area contributed by atoms with Crippen molar-refractivity contribution in [2.45, 2.75) is 0 Å². The monoisotopic (exact) mass is 182 g/mol. The van der Waals surface area contributed by atoms with Crippen LogP contribution in [-0.2, 0) is 0 Å². The lowest BCUT2D eigenvalue weighted by molar-refractivity contribution is 0.174. The van der Waals surface area contributed by atoms with Crippen LogP contribution in [0, 0.1) is 0 Å². The van der Waals surface area contributed by atoms with Crippen molar-refractivity contribution in [3.63, 3.8) is 0 Å². The highest BCUT2D eigenvalue weighted by molar-refractivity contribution is 8.76. The van der Waals surface area contributed by atoms with Crippen LogP contribution in [-0.4, -0.2) is 36.9 Å². The van der Waals surface area contributed by atoms with E-state index in [1.165, 1.54) is 0 Å². The first-order valence-corrected chi connectivity index (χ1v) is 5.66. The summed E-state index contributed by atoms with van der Waals surface area (Å²) < 4.78 is 0. The Morgan fingerprint density at radius 3 is 2.30 bits per heavy atom. The summed E-state index contributed by atoms with van der Waals surface area (Å²) in [5, 5.41) is 11.2. The van der Waals surface area contributed by atoms with Gasteiger partial charge in [0.05, 0.1) is 0 Å². The predicted molar refractivity (Wildman–Crippen MR) is 48.6 cm³/mol. The zero-order valence-electron chi connectivity index (χ0n) is 6.09. The maximum Gasteiger partial charge on any atom is 0.0306 e. The highest BCUT2D eigenvalue weighted by Crippen LogP contribution is 2.18. The molecule has 0 fully saturated rings. The summed E-state index contributed by atoms with van der Waals surface area (Å²) in [6.45, 7) is 1.71. The summed E-state index contributed by atoms with van der Waals surface area (Å²) >= 11 is 0. The zero-order valence-corrected chi connectivity index (χ0v) is 7.73. The van der Waals surface area contributed by atoms with Crippen molar-refractivity contribution in [3.05, 3.63) is 0 Å². The first kappa shape index (κ1) is 10.6. The molecule has 0 saturated heterocycles. The Balaban J connectivity index is 2.65. The summed E-state index contributed by atoms with van der Waals surface area (Å²) in [5.74, 6) is 2.07. The Hall–Kier alpha value is 0.580. The van der Waals surface area contributed by atoms with Crippen LogP contribution < -0.4 is 10.8 Å². The first-order chi connectivity index (χ1) is 4.91. The number of rotatable bonds is 7. The number of nitrogens with one attached hydrogen (secondary N) is 2. The van der Waals surface area contributed by atoms with E-state index in [1.807, 2.05) is 17.8 Å². The van der Waals surface area contributed by atoms with Gasteiger partial charge in [-0.15, -0.1) is 0 Å². The molecule has 0 heterocycles. The van der Waals surface area contributed by atoms with Crippen molar-refractivity contribution in [1.82, 2.24) is 10.8 Å². The fraction of sp³-hybridized carbons (Fsp3) is 1.00. The maximum absolute atomic E-state index is 8.18. The van der Waals surface area contributed by atoms with Gasteiger partial charge in [0.1, 0.15) is 0 Å². The van der Waals surface area contributed by atoms with Gasteiger partial charge < -0.3 is 10.5 Å². The molecule has 0 saturated carbocycles. The SMILES string of the molecule is CNCCSSCCNO. The van der Waals surface area contributed by atoms with Crippen LogP contribution in [0.2, 0.25) is 0 Å². The largest absolute Gasteiger partial charge is 0.319 e. The van der Waals surface area contributed by atoms with E-state index in [0.29, 0.717) is 6.54 Å². The molecule has 0 amide bonds. The molecule has 0 aliphatic rings. The molecule has 0 bridgehead atoms. The topological polar surface area (TPSA) is 44.3 Å². The minimum absolute atomic E-state index is 0.664. The maximum atomic E-state index is 8.18. The van der Waals surface area contributed by atoms with Crippen LogP contribution in [0.15, 0.2) is 0 Å². The van der Waals surface area contributed by atoms with Crippen LogP contribution in [0.3, 0.4) is 0 Å². The van der Waals surface area contributed by atoms with E-state index in [4.69, 9.17) is 5.21 Å². The van der Waals surface area contributed by atoms with E-state index in [9.17, 15) is 0 Å². The zero-order chi connectivity index (χ0) is 7.66. The second kappa shape index (κ2) is 9.58. The molecule has 3 N–H and O–H groups in total. The second-order valence-corrected chi connectivity index (χ2v) is 4.36. The normalized spacial score (nSPS) is 10.2. The molecule has 0 aromatic rings. The molecule has 0 aliphatic heterocycles. The Bertz CT molecular complexity index is 57.6. The van der Waals surface area contributed by atoms with Gasteiger partial charge in [-0.05, 0) is 7.05 Å². The molecule has 62 valence electrons. The van der Waals surface area contributed by atoms with Gasteiger partial charge in [0, 0.05) is 24.6 Å². The Kier molecular flexibility index (Phi) is 10.1. The van der Waals surface area contributed by atoms with E-state index >= 15 is 0 Å². The van der Waals surface area contributed by atoms with Crippen molar-refractivity contribution in [2.75, 3.05) is 31.6 Å². The van der Waals surface area contributed by atoms with Crippen LogP contribution in [0.5, 0.6) is 0 Å². The van der Waals surface area contributed by atoms with E-state index in [0.717, 1.165) is 18.1 Å². The average Bonchev–Trinajstić information content (AvgIpc) is 1.97. The summed E-state index contributed by atoms with van der Waals surface area (Å²) in [6.07, 6.45) is 0. The third kappa shape index (κ3) is 8.58. The van der Waals surface area contributed by atoms with Gasteiger partial charge in [0.25, 0.3) is 0 Å². The first-order valence-electron chi connectivity index (χ1n) is 3.17. The van der Waals surface area contributed by atoms with Crippen LogP contribution >= 0.6 is 21.6 Å². The van der Waals surface area contributed by atoms with Gasteiger partial charge in [0.2, 0.25) is 0 Å². The number of hydrogen-bond acceptors (Lipinski definition) is 5. The Labute approximate surface area is 69.7 Å². The quantitative estimate of drug-likeness (QED) is 0.305. The molecule has 0 atom stereocenters. The van der Waals surface area contributed by atoms with Crippen LogP contribution in [0.25, 0.3) is 0 Å².